The molecule has 0 spiro atoms. The van der Waals surface area contributed by atoms with E-state index < -0.39 is 28.5 Å². The van der Waals surface area contributed by atoms with Crippen molar-refractivity contribution < 1.29 is 27.5 Å². The third kappa shape index (κ3) is 8.61. The highest BCUT2D eigenvalue weighted by molar-refractivity contribution is 7.89. The Labute approximate surface area is 171 Å². The fourth-order valence-corrected chi connectivity index (χ4v) is 3.55. The van der Waals surface area contributed by atoms with Gasteiger partial charge in [-0.15, -0.1) is 0 Å². The lowest BCUT2D eigenvalue weighted by Gasteiger charge is -2.15. The number of sulfonamides is 1. The molecule has 1 aromatic rings. The lowest BCUT2D eigenvalue weighted by Crippen LogP contribution is -2.24. The molecule has 162 valence electrons. The van der Waals surface area contributed by atoms with Crippen molar-refractivity contribution in [2.45, 2.75) is 44.4 Å². The zero-order valence-corrected chi connectivity index (χ0v) is 18.1. The molecule has 0 fully saturated rings. The lowest BCUT2D eigenvalue weighted by atomic mass is 10.2. The Morgan fingerprint density at radius 2 is 1.79 bits per heavy atom. The predicted molar refractivity (Wildman–Crippen MR) is 109 cm³/mol. The Bertz CT molecular complexity index is 836. The van der Waals surface area contributed by atoms with E-state index in [4.69, 9.17) is 4.74 Å². The van der Waals surface area contributed by atoms with Crippen LogP contribution in [0, 0.1) is 6.92 Å². The highest BCUT2D eigenvalue weighted by Gasteiger charge is 2.20. The molecule has 0 saturated heterocycles. The SMILES string of the molecule is CC(=O)NCCCCCC(=O)OCC(=O)Nc1ccc(C)c(S(=O)(=O)N(C)C)c1. The van der Waals surface area contributed by atoms with Crippen molar-refractivity contribution in [2.75, 3.05) is 32.6 Å². The normalized spacial score (nSPS) is 11.2. The number of hydrogen-bond acceptors (Lipinski definition) is 6. The van der Waals surface area contributed by atoms with Crippen LogP contribution < -0.4 is 10.6 Å². The Hall–Kier alpha value is -2.46. The average Bonchev–Trinajstić information content (AvgIpc) is 2.64. The van der Waals surface area contributed by atoms with Gasteiger partial charge in [0.1, 0.15) is 0 Å². The molecule has 2 amide bonds. The topological polar surface area (TPSA) is 122 Å². The van der Waals surface area contributed by atoms with E-state index in [1.165, 1.54) is 27.1 Å². The number of nitrogens with zero attached hydrogens (tertiary/aromatic N) is 1. The van der Waals surface area contributed by atoms with Gasteiger partial charge in [0, 0.05) is 39.7 Å². The fraction of sp³-hybridized carbons (Fsp3) is 0.526. The Morgan fingerprint density at radius 1 is 1.10 bits per heavy atom. The summed E-state index contributed by atoms with van der Waals surface area (Å²) in [5.41, 5.74) is 0.858. The van der Waals surface area contributed by atoms with Gasteiger partial charge in [0.2, 0.25) is 15.9 Å². The third-order valence-electron chi connectivity index (χ3n) is 4.03. The lowest BCUT2D eigenvalue weighted by molar-refractivity contribution is -0.147. The molecule has 0 unspecified atom stereocenters. The summed E-state index contributed by atoms with van der Waals surface area (Å²) in [5, 5.41) is 5.20. The van der Waals surface area contributed by atoms with Crippen molar-refractivity contribution >= 4 is 33.5 Å². The maximum absolute atomic E-state index is 12.3. The van der Waals surface area contributed by atoms with Crippen LogP contribution in [0.15, 0.2) is 23.1 Å². The minimum atomic E-state index is -3.64. The summed E-state index contributed by atoms with van der Waals surface area (Å²) < 4.78 is 30.7. The van der Waals surface area contributed by atoms with E-state index in [1.54, 1.807) is 19.1 Å². The van der Waals surface area contributed by atoms with Crippen molar-refractivity contribution in [3.8, 4) is 0 Å². The quantitative estimate of drug-likeness (QED) is 0.407. The maximum atomic E-state index is 12.3. The van der Waals surface area contributed by atoms with E-state index >= 15 is 0 Å². The molecule has 10 heteroatoms. The number of unbranched alkanes of at least 4 members (excludes halogenated alkanes) is 2. The van der Waals surface area contributed by atoms with Crippen LogP contribution in [0.2, 0.25) is 0 Å². The number of ether oxygens (including phenoxy) is 1. The van der Waals surface area contributed by atoms with E-state index in [0.29, 0.717) is 24.2 Å². The molecule has 0 bridgehead atoms. The van der Waals surface area contributed by atoms with Crippen molar-refractivity contribution in [3.63, 3.8) is 0 Å². The predicted octanol–water partition coefficient (Wildman–Crippen LogP) is 1.42. The molecule has 1 rings (SSSR count). The van der Waals surface area contributed by atoms with Gasteiger partial charge in [-0.2, -0.15) is 0 Å². The van der Waals surface area contributed by atoms with Gasteiger partial charge < -0.3 is 15.4 Å². The summed E-state index contributed by atoms with van der Waals surface area (Å²) in [6.07, 6.45) is 2.31. The summed E-state index contributed by atoms with van der Waals surface area (Å²) in [6.45, 7) is 3.23. The van der Waals surface area contributed by atoms with Crippen LogP contribution in [0.5, 0.6) is 0 Å². The molecule has 0 radical (unpaired) electrons. The monoisotopic (exact) mass is 427 g/mol. The molecule has 0 aliphatic heterocycles. The van der Waals surface area contributed by atoms with Crippen LogP contribution in [0.25, 0.3) is 0 Å². The first-order valence-electron chi connectivity index (χ1n) is 9.27. The van der Waals surface area contributed by atoms with Crippen LogP contribution in [-0.2, 0) is 29.1 Å². The summed E-state index contributed by atoms with van der Waals surface area (Å²) in [7, 11) is -0.780. The van der Waals surface area contributed by atoms with Crippen LogP contribution in [-0.4, -0.2) is 57.8 Å². The van der Waals surface area contributed by atoms with Gasteiger partial charge in [-0.05, 0) is 37.5 Å². The molecule has 0 aliphatic carbocycles. The van der Waals surface area contributed by atoms with Gasteiger partial charge in [-0.25, -0.2) is 12.7 Å². The first kappa shape index (κ1) is 24.6. The highest BCUT2D eigenvalue weighted by atomic mass is 32.2. The second kappa shape index (κ2) is 11.5. The smallest absolute Gasteiger partial charge is 0.306 e. The molecule has 0 aliphatic rings. The molecule has 9 nitrogen and oxygen atoms in total. The van der Waals surface area contributed by atoms with E-state index in [-0.39, 0.29) is 17.2 Å². The zero-order chi connectivity index (χ0) is 22.0. The number of anilines is 1. The second-order valence-corrected chi connectivity index (χ2v) is 8.89. The number of esters is 1. The number of benzene rings is 1. The largest absolute Gasteiger partial charge is 0.456 e. The minimum absolute atomic E-state index is 0.0876. The van der Waals surface area contributed by atoms with Gasteiger partial charge in [0.05, 0.1) is 4.90 Å². The number of carbonyl (C=O) groups is 3. The molecule has 0 saturated carbocycles. The summed E-state index contributed by atoms with van der Waals surface area (Å²) in [4.78, 5) is 34.5. The second-order valence-electron chi connectivity index (χ2n) is 6.77. The molecule has 0 atom stereocenters. The van der Waals surface area contributed by atoms with E-state index in [0.717, 1.165) is 17.1 Å². The standard InChI is InChI=1S/C19H29N3O6S/c1-14-9-10-16(12-17(14)29(26,27)22(3)4)21-18(24)13-28-19(25)8-6-5-7-11-20-15(2)23/h9-10,12H,5-8,11,13H2,1-4H3,(H,20,23)(H,21,24). The van der Waals surface area contributed by atoms with Crippen molar-refractivity contribution in [1.82, 2.24) is 9.62 Å². The third-order valence-corrected chi connectivity index (χ3v) is 5.98. The van der Waals surface area contributed by atoms with E-state index in [2.05, 4.69) is 10.6 Å². The fourth-order valence-electron chi connectivity index (χ4n) is 2.40. The molecule has 0 heterocycles. The van der Waals surface area contributed by atoms with Gasteiger partial charge in [0.15, 0.2) is 6.61 Å². The summed E-state index contributed by atoms with van der Waals surface area (Å²) in [6, 6.07) is 4.55. The Kier molecular flexibility index (Phi) is 9.76. The van der Waals surface area contributed by atoms with Crippen LogP contribution >= 0.6 is 0 Å². The molecule has 0 aromatic heterocycles. The Morgan fingerprint density at radius 3 is 2.41 bits per heavy atom. The van der Waals surface area contributed by atoms with Crippen LogP contribution in [0.1, 0.15) is 38.2 Å². The van der Waals surface area contributed by atoms with Crippen molar-refractivity contribution in [2.24, 2.45) is 0 Å². The minimum Gasteiger partial charge on any atom is -0.456 e. The van der Waals surface area contributed by atoms with Crippen molar-refractivity contribution in [1.29, 1.82) is 0 Å². The van der Waals surface area contributed by atoms with Crippen molar-refractivity contribution in [3.05, 3.63) is 23.8 Å². The highest BCUT2D eigenvalue weighted by Crippen LogP contribution is 2.22. The first-order chi connectivity index (χ1) is 13.5. The summed E-state index contributed by atoms with van der Waals surface area (Å²) in [5.74, 6) is -1.13. The maximum Gasteiger partial charge on any atom is 0.306 e. The number of rotatable bonds is 11. The van der Waals surface area contributed by atoms with E-state index in [9.17, 15) is 22.8 Å². The molecule has 2 N–H and O–H groups in total. The number of amides is 2. The molecular formula is C19H29N3O6S. The zero-order valence-electron chi connectivity index (χ0n) is 17.3. The van der Waals surface area contributed by atoms with Crippen LogP contribution in [0.4, 0.5) is 5.69 Å². The first-order valence-corrected chi connectivity index (χ1v) is 10.7. The van der Waals surface area contributed by atoms with E-state index in [1.807, 2.05) is 0 Å². The number of carbonyl (C=O) groups excluding carboxylic acids is 3. The summed E-state index contributed by atoms with van der Waals surface area (Å²) >= 11 is 0. The van der Waals surface area contributed by atoms with Gasteiger partial charge in [-0.1, -0.05) is 12.5 Å². The van der Waals surface area contributed by atoms with Gasteiger partial charge in [-0.3, -0.25) is 14.4 Å². The number of nitrogens with one attached hydrogen (secondary N) is 2. The van der Waals surface area contributed by atoms with Gasteiger partial charge in [0.25, 0.3) is 5.91 Å². The van der Waals surface area contributed by atoms with Gasteiger partial charge >= 0.3 is 5.97 Å². The Balaban J connectivity index is 2.45. The molecule has 1 aromatic carbocycles. The average molecular weight is 428 g/mol. The molecular weight excluding hydrogens is 398 g/mol. The van der Waals surface area contributed by atoms with Crippen LogP contribution in [0.3, 0.4) is 0 Å². The molecule has 29 heavy (non-hydrogen) atoms. The number of aryl methyl sites for hydroxylation is 1. The number of hydrogen-bond donors (Lipinski definition) is 2.